The minimum absolute atomic E-state index is 0.187. The zero-order valence-electron chi connectivity index (χ0n) is 14.5. The fraction of sp³-hybridized carbons (Fsp3) is 0.600. The highest BCUT2D eigenvalue weighted by Gasteiger charge is 2.45. The molecule has 11 nitrogen and oxygen atoms in total. The second-order valence-corrected chi connectivity index (χ2v) is 7.36. The first-order valence-corrected chi connectivity index (χ1v) is 9.66. The number of aliphatic hydroxyl groups excluding tert-OH is 2. The number of aliphatic carboxylic acids is 1. The van der Waals surface area contributed by atoms with Gasteiger partial charge in [0.25, 0.3) is 0 Å². The molecule has 2 aromatic rings. The summed E-state index contributed by atoms with van der Waals surface area (Å²) in [5.74, 6) is -0.874. The van der Waals surface area contributed by atoms with Crippen LogP contribution in [0.3, 0.4) is 0 Å². The Bertz CT molecular complexity index is 819. The van der Waals surface area contributed by atoms with Crippen LogP contribution in [0.5, 0.6) is 0 Å². The summed E-state index contributed by atoms with van der Waals surface area (Å²) < 4.78 is 7.32. The van der Waals surface area contributed by atoms with Gasteiger partial charge in [0.1, 0.15) is 30.1 Å². The van der Waals surface area contributed by atoms with Gasteiger partial charge < -0.3 is 31.5 Å². The predicted octanol–water partition coefficient (Wildman–Crippen LogP) is -1.19. The number of hydrogen-bond donors (Lipinski definition) is 5. The summed E-state index contributed by atoms with van der Waals surface area (Å²) in [5, 5.41) is 30.1. The van der Waals surface area contributed by atoms with Crippen molar-refractivity contribution in [1.82, 2.24) is 19.5 Å². The van der Waals surface area contributed by atoms with Crippen LogP contribution >= 0.6 is 11.8 Å². The van der Waals surface area contributed by atoms with Crippen LogP contribution in [0.2, 0.25) is 0 Å². The number of nitrogens with two attached hydrogens (primary N) is 2. The second kappa shape index (κ2) is 7.94. The van der Waals surface area contributed by atoms with E-state index in [0.717, 1.165) is 0 Å². The highest BCUT2D eigenvalue weighted by Crippen LogP contribution is 2.35. The third kappa shape index (κ3) is 3.71. The maximum atomic E-state index is 11.2. The molecule has 0 radical (unpaired) electrons. The molecule has 148 valence electrons. The Morgan fingerprint density at radius 3 is 2.78 bits per heavy atom. The lowest BCUT2D eigenvalue weighted by Crippen LogP contribution is -2.42. The molecule has 1 saturated heterocycles. The Hall–Kier alpha value is -1.99. The fourth-order valence-electron chi connectivity index (χ4n) is 3.24. The summed E-state index contributed by atoms with van der Waals surface area (Å²) >= 11 is 1.45. The topological polar surface area (TPSA) is 183 Å². The van der Waals surface area contributed by atoms with E-state index in [0.29, 0.717) is 16.9 Å². The summed E-state index contributed by atoms with van der Waals surface area (Å²) in [7, 11) is 0. The van der Waals surface area contributed by atoms with Crippen LogP contribution in [0.4, 0.5) is 5.82 Å². The first-order valence-electron chi connectivity index (χ1n) is 8.27. The van der Waals surface area contributed by atoms with E-state index < -0.39 is 42.5 Å². The van der Waals surface area contributed by atoms with Crippen LogP contribution in [-0.4, -0.2) is 77.2 Å². The first kappa shape index (κ1) is 19.8. The molecule has 7 N–H and O–H groups in total. The van der Waals surface area contributed by atoms with Crippen molar-refractivity contribution >= 4 is 34.7 Å². The quantitative estimate of drug-likeness (QED) is 0.378. The minimum Gasteiger partial charge on any atom is -0.480 e. The zero-order valence-corrected chi connectivity index (χ0v) is 15.4. The van der Waals surface area contributed by atoms with E-state index in [4.69, 9.17) is 16.2 Å². The van der Waals surface area contributed by atoms with Crippen molar-refractivity contribution in [3.8, 4) is 0 Å². The van der Waals surface area contributed by atoms with Gasteiger partial charge in [0.2, 0.25) is 0 Å². The molecule has 2 aromatic heterocycles. The Kier molecular flexibility index (Phi) is 5.81. The third-order valence-electron chi connectivity index (χ3n) is 4.71. The monoisotopic (exact) mass is 398 g/mol. The van der Waals surface area contributed by atoms with Gasteiger partial charge in [-0.2, -0.15) is 11.8 Å². The number of anilines is 1. The molecule has 3 heterocycles. The Morgan fingerprint density at radius 1 is 1.37 bits per heavy atom. The number of carboxylic acid groups (broad SMARTS) is 1. The van der Waals surface area contributed by atoms with E-state index in [2.05, 4.69) is 15.0 Å². The molecular weight excluding hydrogens is 376 g/mol. The van der Waals surface area contributed by atoms with Gasteiger partial charge in [-0.3, -0.25) is 9.36 Å². The van der Waals surface area contributed by atoms with Crippen molar-refractivity contribution in [2.24, 2.45) is 11.7 Å². The van der Waals surface area contributed by atoms with Crippen molar-refractivity contribution in [1.29, 1.82) is 0 Å². The lowest BCUT2D eigenvalue weighted by atomic mass is 9.93. The Morgan fingerprint density at radius 2 is 2.11 bits per heavy atom. The van der Waals surface area contributed by atoms with Gasteiger partial charge in [-0.05, 0) is 24.3 Å². The minimum atomic E-state index is -1.25. The van der Waals surface area contributed by atoms with Crippen LogP contribution in [0.25, 0.3) is 11.2 Å². The number of ether oxygens (including phenoxy) is 1. The lowest BCUT2D eigenvalue weighted by Gasteiger charge is -2.24. The first-order chi connectivity index (χ1) is 12.8. The second-order valence-electron chi connectivity index (χ2n) is 6.44. The van der Waals surface area contributed by atoms with Crippen LogP contribution in [-0.2, 0) is 9.53 Å². The maximum Gasteiger partial charge on any atom is 0.320 e. The average molecular weight is 398 g/mol. The number of nitrogen functional groups attached to an aromatic ring is 1. The molecule has 0 saturated carbocycles. The standard InChI is InChI=1S/C15H22N6O5S/c1-27-3-6(8(16)15(24)25)2-7-10(22)11(23)14(26-7)21-5-20-9-12(17)18-4-19-13(9)21/h4-8,10-11,14,22-23H,2-3,16H2,1H3,(H,24,25)(H2,17,18,19)/t6?,7-,8+,10-,11-,14-/m1/s1. The molecule has 0 aliphatic carbocycles. The molecule has 27 heavy (non-hydrogen) atoms. The van der Waals surface area contributed by atoms with Crippen molar-refractivity contribution in [3.63, 3.8) is 0 Å². The molecule has 1 unspecified atom stereocenters. The van der Waals surface area contributed by atoms with Gasteiger partial charge in [-0.1, -0.05) is 0 Å². The summed E-state index contributed by atoms with van der Waals surface area (Å²) in [6.07, 6.45) is 0.507. The largest absolute Gasteiger partial charge is 0.480 e. The van der Waals surface area contributed by atoms with Crippen molar-refractivity contribution in [2.75, 3.05) is 17.7 Å². The number of carboxylic acids is 1. The molecule has 0 bridgehead atoms. The van der Waals surface area contributed by atoms with Crippen LogP contribution in [0.1, 0.15) is 12.6 Å². The van der Waals surface area contributed by atoms with Crippen LogP contribution < -0.4 is 11.5 Å². The van der Waals surface area contributed by atoms with Crippen LogP contribution in [0, 0.1) is 5.92 Å². The van der Waals surface area contributed by atoms with Crippen molar-refractivity contribution in [3.05, 3.63) is 12.7 Å². The maximum absolute atomic E-state index is 11.2. The molecule has 0 amide bonds. The molecule has 0 aromatic carbocycles. The number of thioether (sulfide) groups is 1. The number of rotatable bonds is 7. The third-order valence-corrected chi connectivity index (χ3v) is 5.47. The zero-order chi connectivity index (χ0) is 19.7. The van der Waals surface area contributed by atoms with E-state index in [1.165, 1.54) is 29.0 Å². The molecule has 1 fully saturated rings. The number of aliphatic hydroxyl groups is 2. The molecule has 3 rings (SSSR count). The van der Waals surface area contributed by atoms with Gasteiger partial charge in [-0.15, -0.1) is 0 Å². The molecule has 1 aliphatic heterocycles. The van der Waals surface area contributed by atoms with Crippen molar-refractivity contribution < 1.29 is 24.9 Å². The molecule has 6 atom stereocenters. The van der Waals surface area contributed by atoms with Crippen molar-refractivity contribution in [2.45, 2.75) is 37.0 Å². The number of carbonyl (C=O) groups is 1. The van der Waals surface area contributed by atoms with E-state index in [-0.39, 0.29) is 12.2 Å². The normalized spacial score (nSPS) is 27.7. The van der Waals surface area contributed by atoms with E-state index in [9.17, 15) is 20.1 Å². The SMILES string of the molecule is CSCC(C[C@H]1O[C@@H](n2cnc3c(N)ncnc32)[C@H](O)[C@@H]1O)[C@H](N)C(=O)O. The molecule has 12 heteroatoms. The van der Waals surface area contributed by atoms with Gasteiger partial charge in [0, 0.05) is 0 Å². The number of hydrogen-bond acceptors (Lipinski definition) is 10. The number of fused-ring (bicyclic) bond motifs is 1. The number of nitrogens with zero attached hydrogens (tertiary/aromatic N) is 4. The predicted molar refractivity (Wildman–Crippen MR) is 97.8 cm³/mol. The summed E-state index contributed by atoms with van der Waals surface area (Å²) in [5.41, 5.74) is 12.3. The lowest BCUT2D eigenvalue weighted by molar-refractivity contribution is -0.140. The highest BCUT2D eigenvalue weighted by molar-refractivity contribution is 7.98. The van der Waals surface area contributed by atoms with Gasteiger partial charge >= 0.3 is 5.97 Å². The van der Waals surface area contributed by atoms with Gasteiger partial charge in [0.05, 0.1) is 12.4 Å². The van der Waals surface area contributed by atoms with E-state index >= 15 is 0 Å². The number of imidazole rings is 1. The van der Waals surface area contributed by atoms with Gasteiger partial charge in [0.15, 0.2) is 17.7 Å². The molecular formula is C15H22N6O5S. The fourth-order valence-corrected chi connectivity index (χ4v) is 4.01. The average Bonchev–Trinajstić information content (AvgIpc) is 3.18. The molecule has 1 aliphatic rings. The number of aromatic nitrogens is 4. The Labute approximate surface area is 158 Å². The molecule has 0 spiro atoms. The van der Waals surface area contributed by atoms with E-state index in [1.807, 2.05) is 6.26 Å². The summed E-state index contributed by atoms with van der Waals surface area (Å²) in [6, 6.07) is -1.09. The smallest absolute Gasteiger partial charge is 0.320 e. The van der Waals surface area contributed by atoms with E-state index in [1.54, 1.807) is 0 Å². The van der Waals surface area contributed by atoms with Crippen LogP contribution in [0.15, 0.2) is 12.7 Å². The summed E-state index contributed by atoms with van der Waals surface area (Å²) in [4.78, 5) is 23.3. The highest BCUT2D eigenvalue weighted by atomic mass is 32.2. The summed E-state index contributed by atoms with van der Waals surface area (Å²) in [6.45, 7) is 0. The Balaban J connectivity index is 1.82. The van der Waals surface area contributed by atoms with Gasteiger partial charge in [-0.25, -0.2) is 15.0 Å².